The fourth-order valence-corrected chi connectivity index (χ4v) is 5.68. The molecule has 0 radical (unpaired) electrons. The van der Waals surface area contributed by atoms with Crippen molar-refractivity contribution >= 4 is 0 Å². The number of aryl methyl sites for hydroxylation is 4. The van der Waals surface area contributed by atoms with Gasteiger partial charge in [0, 0.05) is 11.8 Å². The highest BCUT2D eigenvalue weighted by Crippen LogP contribution is 2.41. The van der Waals surface area contributed by atoms with Crippen LogP contribution in [0.1, 0.15) is 98.9 Å². The zero-order valence-electron chi connectivity index (χ0n) is 22.4. The molecule has 1 saturated carbocycles. The molecular weight excluding hydrogens is 448 g/mol. The molecule has 2 aromatic carbocycles. The van der Waals surface area contributed by atoms with Crippen molar-refractivity contribution in [2.75, 3.05) is 6.61 Å². The van der Waals surface area contributed by atoms with Gasteiger partial charge in [-0.3, -0.25) is 0 Å². The second-order valence-electron chi connectivity index (χ2n) is 10.6. The van der Waals surface area contributed by atoms with E-state index in [1.807, 2.05) is 0 Å². The van der Waals surface area contributed by atoms with Crippen molar-refractivity contribution in [3.63, 3.8) is 0 Å². The third-order valence-corrected chi connectivity index (χ3v) is 8.43. The van der Waals surface area contributed by atoms with E-state index in [2.05, 4.69) is 84.7 Å². The Morgan fingerprint density at radius 3 is 2.28 bits per heavy atom. The number of rotatable bonds is 13. The van der Waals surface area contributed by atoms with E-state index in [0.29, 0.717) is 6.61 Å². The van der Waals surface area contributed by atoms with Gasteiger partial charge in [-0.2, -0.15) is 0 Å². The van der Waals surface area contributed by atoms with Gasteiger partial charge in [0.05, 0.1) is 12.2 Å². The first-order valence-electron chi connectivity index (χ1n) is 13.7. The highest BCUT2D eigenvalue weighted by molar-refractivity contribution is 5.47. The maximum Gasteiger partial charge on any atom is 0.148 e. The van der Waals surface area contributed by atoms with Gasteiger partial charge >= 0.3 is 0 Å². The molecule has 1 aromatic heterocycles. The molecule has 2 N–H and O–H groups in total. The third kappa shape index (κ3) is 5.80. The molecule has 36 heavy (non-hydrogen) atoms. The number of H-pyrrole nitrogens is 1. The summed E-state index contributed by atoms with van der Waals surface area (Å²) in [6, 6.07) is 13.7. The monoisotopic (exact) mass is 490 g/mol. The largest absolute Gasteiger partial charge is 0.493 e. The lowest BCUT2D eigenvalue weighted by atomic mass is 9.69. The lowest BCUT2D eigenvalue weighted by molar-refractivity contribution is -0.0398. The molecule has 0 amide bonds. The fourth-order valence-electron chi connectivity index (χ4n) is 5.68. The Bertz CT molecular complexity index is 1120. The number of hydrogen-bond donors (Lipinski definition) is 2. The Morgan fingerprint density at radius 1 is 0.972 bits per heavy atom. The fraction of sp³-hybridized carbons (Fsp3) is 0.567. The van der Waals surface area contributed by atoms with Crippen LogP contribution in [0.4, 0.5) is 0 Å². The number of hydrogen-bond acceptors (Lipinski definition) is 5. The van der Waals surface area contributed by atoms with Crippen LogP contribution in [0.25, 0.3) is 0 Å². The topological polar surface area (TPSA) is 83.9 Å². The molecule has 0 saturated heterocycles. The van der Waals surface area contributed by atoms with Crippen molar-refractivity contribution in [3.8, 4) is 5.75 Å². The summed E-state index contributed by atoms with van der Waals surface area (Å²) in [4.78, 5) is 0. The smallest absolute Gasteiger partial charge is 0.148 e. The van der Waals surface area contributed by atoms with Crippen LogP contribution < -0.4 is 4.74 Å². The van der Waals surface area contributed by atoms with Gasteiger partial charge in [-0.25, -0.2) is 5.10 Å². The Balaban J connectivity index is 1.43. The van der Waals surface area contributed by atoms with Crippen LogP contribution in [-0.4, -0.2) is 37.9 Å². The Labute approximate surface area is 215 Å². The number of nitrogens with zero attached hydrogens (tertiary/aromatic N) is 3. The van der Waals surface area contributed by atoms with E-state index in [0.717, 1.165) is 75.8 Å². The molecule has 1 aliphatic rings. The number of benzene rings is 2. The number of tetrazole rings is 1. The molecule has 0 spiro atoms. The van der Waals surface area contributed by atoms with Gasteiger partial charge in [0.2, 0.25) is 0 Å². The van der Waals surface area contributed by atoms with E-state index >= 15 is 0 Å². The SMILES string of the molecule is CCC(CC)(c1ccc(CCC2(O)CCC2)c(C)c1)c1ccc(OCCCCc2nnn[nH]2)c(C)c1. The molecule has 6 heteroatoms. The zero-order chi connectivity index (χ0) is 25.6. The zero-order valence-corrected chi connectivity index (χ0v) is 22.4. The van der Waals surface area contributed by atoms with Crippen LogP contribution in [-0.2, 0) is 18.3 Å². The first kappa shape index (κ1) is 26.3. The highest BCUT2D eigenvalue weighted by Gasteiger charge is 2.34. The lowest BCUT2D eigenvalue weighted by Crippen LogP contribution is -2.37. The van der Waals surface area contributed by atoms with E-state index in [1.165, 1.54) is 27.8 Å². The van der Waals surface area contributed by atoms with Crippen molar-refractivity contribution in [1.29, 1.82) is 0 Å². The van der Waals surface area contributed by atoms with Gasteiger partial charge < -0.3 is 9.84 Å². The minimum atomic E-state index is -0.419. The van der Waals surface area contributed by atoms with Crippen molar-refractivity contribution in [3.05, 3.63) is 70.0 Å². The summed E-state index contributed by atoms with van der Waals surface area (Å²) in [7, 11) is 0. The summed E-state index contributed by atoms with van der Waals surface area (Å²) in [6.45, 7) is 9.64. The normalized spacial score (nSPS) is 15.0. The minimum Gasteiger partial charge on any atom is -0.493 e. The standard InChI is InChI=1S/C30H42N4O2/c1-5-30(6-2,25-12-11-24(22(3)20-25)15-18-29(35)16-9-17-29)26-13-14-27(23(4)21-26)36-19-8-7-10-28-31-33-34-32-28/h11-14,20-21,35H,5-10,15-19H2,1-4H3,(H,31,32,33,34). The van der Waals surface area contributed by atoms with Gasteiger partial charge in [-0.1, -0.05) is 44.2 Å². The Morgan fingerprint density at radius 2 is 1.69 bits per heavy atom. The van der Waals surface area contributed by atoms with E-state index in [4.69, 9.17) is 4.74 Å². The summed E-state index contributed by atoms with van der Waals surface area (Å²) in [5.41, 5.74) is 6.16. The van der Waals surface area contributed by atoms with Crippen molar-refractivity contribution in [2.24, 2.45) is 0 Å². The summed E-state index contributed by atoms with van der Waals surface area (Å²) in [6.07, 6.45) is 9.76. The van der Waals surface area contributed by atoms with Gasteiger partial charge in [-0.15, -0.1) is 5.10 Å². The molecule has 0 atom stereocenters. The number of nitrogens with one attached hydrogen (secondary N) is 1. The molecule has 0 unspecified atom stereocenters. The lowest BCUT2D eigenvalue weighted by Gasteiger charge is -2.37. The van der Waals surface area contributed by atoms with E-state index in [9.17, 15) is 5.11 Å². The summed E-state index contributed by atoms with van der Waals surface area (Å²) in [5.74, 6) is 1.78. The molecule has 1 fully saturated rings. The third-order valence-electron chi connectivity index (χ3n) is 8.43. The molecule has 4 rings (SSSR count). The van der Waals surface area contributed by atoms with Crippen molar-refractivity contribution in [2.45, 2.75) is 103 Å². The molecule has 1 heterocycles. The maximum atomic E-state index is 10.5. The second kappa shape index (κ2) is 11.5. The predicted octanol–water partition coefficient (Wildman–Crippen LogP) is 6.17. The number of unbranched alkanes of at least 4 members (excludes halogenated alkanes) is 1. The van der Waals surface area contributed by atoms with Crippen LogP contribution in [0.5, 0.6) is 5.75 Å². The molecule has 6 nitrogen and oxygen atoms in total. The van der Waals surface area contributed by atoms with E-state index in [-0.39, 0.29) is 5.41 Å². The summed E-state index contributed by atoms with van der Waals surface area (Å²) in [5, 5.41) is 24.5. The molecule has 0 aliphatic heterocycles. The molecular formula is C30H42N4O2. The first-order chi connectivity index (χ1) is 17.4. The average molecular weight is 491 g/mol. The summed E-state index contributed by atoms with van der Waals surface area (Å²) < 4.78 is 6.12. The first-order valence-corrected chi connectivity index (χ1v) is 13.7. The Kier molecular flexibility index (Phi) is 8.45. The van der Waals surface area contributed by atoms with Crippen LogP contribution in [0.2, 0.25) is 0 Å². The van der Waals surface area contributed by atoms with Crippen molar-refractivity contribution in [1.82, 2.24) is 20.6 Å². The van der Waals surface area contributed by atoms with E-state index < -0.39 is 5.60 Å². The molecule has 3 aromatic rings. The van der Waals surface area contributed by atoms with Gasteiger partial charge in [0.1, 0.15) is 11.6 Å². The van der Waals surface area contributed by atoms with Crippen LogP contribution in [0.15, 0.2) is 36.4 Å². The number of aromatic amines is 1. The maximum absolute atomic E-state index is 10.5. The van der Waals surface area contributed by atoms with Crippen LogP contribution in [0, 0.1) is 13.8 Å². The number of aliphatic hydroxyl groups is 1. The van der Waals surface area contributed by atoms with E-state index in [1.54, 1.807) is 0 Å². The van der Waals surface area contributed by atoms with Crippen LogP contribution in [0.3, 0.4) is 0 Å². The second-order valence-corrected chi connectivity index (χ2v) is 10.6. The minimum absolute atomic E-state index is 0.0239. The predicted molar refractivity (Wildman–Crippen MR) is 143 cm³/mol. The summed E-state index contributed by atoms with van der Waals surface area (Å²) >= 11 is 0. The molecule has 194 valence electrons. The van der Waals surface area contributed by atoms with Gasteiger partial charge in [0.15, 0.2) is 0 Å². The molecule has 1 aliphatic carbocycles. The van der Waals surface area contributed by atoms with Crippen molar-refractivity contribution < 1.29 is 9.84 Å². The van der Waals surface area contributed by atoms with Gasteiger partial charge in [0.25, 0.3) is 0 Å². The van der Waals surface area contributed by atoms with Gasteiger partial charge in [-0.05, 0) is 116 Å². The van der Waals surface area contributed by atoms with Crippen LogP contribution >= 0.6 is 0 Å². The molecule has 0 bridgehead atoms. The quantitative estimate of drug-likeness (QED) is 0.280. The average Bonchev–Trinajstić information content (AvgIpc) is 3.38. The number of aromatic nitrogens is 4. The Hall–Kier alpha value is -2.73. The number of ether oxygens (including phenoxy) is 1. The highest BCUT2D eigenvalue weighted by atomic mass is 16.5.